The monoisotopic (exact) mass is 348 g/mol. The first-order chi connectivity index (χ1) is 12.3. The molecule has 2 aliphatic rings. The van der Waals surface area contributed by atoms with E-state index in [1.54, 1.807) is 0 Å². The standard InChI is InChI=1S/C18H32N6O/c1-19-18(20-6-3-4-7-23-9-11-25-12-10-23)24-8-5-16(15-24)17-13-21-22(2)14-17/h13-14,16H,3-12,15H2,1-2H3,(H,19,20). The van der Waals surface area contributed by atoms with E-state index >= 15 is 0 Å². The van der Waals surface area contributed by atoms with Gasteiger partial charge in [0.1, 0.15) is 0 Å². The summed E-state index contributed by atoms with van der Waals surface area (Å²) in [4.78, 5) is 9.35. The van der Waals surface area contributed by atoms with Crippen LogP contribution >= 0.6 is 0 Å². The van der Waals surface area contributed by atoms with Crippen molar-refractivity contribution in [2.24, 2.45) is 12.0 Å². The minimum Gasteiger partial charge on any atom is -0.379 e. The molecule has 1 aromatic heterocycles. The van der Waals surface area contributed by atoms with E-state index in [2.05, 4.69) is 31.4 Å². The van der Waals surface area contributed by atoms with Crippen LogP contribution in [-0.4, -0.2) is 85.1 Å². The van der Waals surface area contributed by atoms with Crippen LogP contribution < -0.4 is 5.32 Å². The second-order valence-electron chi connectivity index (χ2n) is 7.01. The Bertz CT molecular complexity index is 552. The van der Waals surface area contributed by atoms with Crippen molar-refractivity contribution in [3.63, 3.8) is 0 Å². The highest BCUT2D eigenvalue weighted by Crippen LogP contribution is 2.26. The number of hydrogen-bond acceptors (Lipinski definition) is 4. The quantitative estimate of drug-likeness (QED) is 0.470. The highest BCUT2D eigenvalue weighted by Gasteiger charge is 2.26. The van der Waals surface area contributed by atoms with Gasteiger partial charge in [-0.2, -0.15) is 5.10 Å². The van der Waals surface area contributed by atoms with Gasteiger partial charge in [-0.15, -0.1) is 0 Å². The first kappa shape index (κ1) is 18.2. The number of hydrogen-bond donors (Lipinski definition) is 1. The maximum absolute atomic E-state index is 5.39. The van der Waals surface area contributed by atoms with E-state index in [-0.39, 0.29) is 0 Å². The Morgan fingerprint density at radius 1 is 1.32 bits per heavy atom. The van der Waals surface area contributed by atoms with Crippen molar-refractivity contribution >= 4 is 5.96 Å². The van der Waals surface area contributed by atoms with Crippen LogP contribution in [0.3, 0.4) is 0 Å². The lowest BCUT2D eigenvalue weighted by Crippen LogP contribution is -2.40. The summed E-state index contributed by atoms with van der Waals surface area (Å²) in [6.07, 6.45) is 7.70. The number of morpholine rings is 1. The summed E-state index contributed by atoms with van der Waals surface area (Å²) in [5, 5.41) is 7.84. The average molecular weight is 348 g/mol. The van der Waals surface area contributed by atoms with Crippen molar-refractivity contribution in [3.8, 4) is 0 Å². The third-order valence-corrected chi connectivity index (χ3v) is 5.18. The van der Waals surface area contributed by atoms with Crippen LogP contribution in [0.15, 0.2) is 17.4 Å². The fourth-order valence-corrected chi connectivity index (χ4v) is 3.69. The molecule has 0 bridgehead atoms. The predicted octanol–water partition coefficient (Wildman–Crippen LogP) is 0.897. The minimum absolute atomic E-state index is 0.563. The van der Waals surface area contributed by atoms with Crippen molar-refractivity contribution in [3.05, 3.63) is 18.0 Å². The number of rotatable bonds is 6. The third-order valence-electron chi connectivity index (χ3n) is 5.18. The molecule has 140 valence electrons. The minimum atomic E-state index is 0.563. The molecule has 1 aromatic rings. The van der Waals surface area contributed by atoms with E-state index in [0.29, 0.717) is 5.92 Å². The Labute approximate surface area is 151 Å². The Hall–Kier alpha value is -1.60. The van der Waals surface area contributed by atoms with Crippen molar-refractivity contribution in [2.75, 3.05) is 59.5 Å². The molecule has 0 aliphatic carbocycles. The average Bonchev–Trinajstić information content (AvgIpc) is 3.28. The van der Waals surface area contributed by atoms with E-state index < -0.39 is 0 Å². The molecular formula is C18H32N6O. The SMILES string of the molecule is CN=C(NCCCCN1CCOCC1)N1CCC(c2cnn(C)c2)C1. The van der Waals surface area contributed by atoms with Gasteiger partial charge in [-0.25, -0.2) is 0 Å². The summed E-state index contributed by atoms with van der Waals surface area (Å²) in [6, 6.07) is 0. The lowest BCUT2D eigenvalue weighted by molar-refractivity contribution is 0.0372. The number of likely N-dealkylation sites (tertiary alicyclic amines) is 1. The topological polar surface area (TPSA) is 57.9 Å². The van der Waals surface area contributed by atoms with Gasteiger partial charge in [-0.1, -0.05) is 0 Å². The number of aliphatic imine (C=N–C) groups is 1. The molecule has 2 aliphatic heterocycles. The van der Waals surface area contributed by atoms with E-state index in [4.69, 9.17) is 4.74 Å². The first-order valence-corrected chi connectivity index (χ1v) is 9.50. The number of nitrogens with zero attached hydrogens (tertiary/aromatic N) is 5. The molecule has 0 amide bonds. The largest absolute Gasteiger partial charge is 0.379 e. The summed E-state index contributed by atoms with van der Waals surface area (Å²) < 4.78 is 7.28. The molecule has 1 unspecified atom stereocenters. The van der Waals surface area contributed by atoms with Gasteiger partial charge in [0.25, 0.3) is 0 Å². The first-order valence-electron chi connectivity index (χ1n) is 9.50. The highest BCUT2D eigenvalue weighted by molar-refractivity contribution is 5.80. The van der Waals surface area contributed by atoms with Crippen LogP contribution in [0.2, 0.25) is 0 Å². The van der Waals surface area contributed by atoms with Gasteiger partial charge in [0, 0.05) is 58.9 Å². The molecule has 0 aromatic carbocycles. The highest BCUT2D eigenvalue weighted by atomic mass is 16.5. The van der Waals surface area contributed by atoms with Crippen molar-refractivity contribution in [2.45, 2.75) is 25.2 Å². The summed E-state index contributed by atoms with van der Waals surface area (Å²) in [5.41, 5.74) is 1.34. The number of unbranched alkanes of at least 4 members (excludes halogenated alkanes) is 1. The fraction of sp³-hybridized carbons (Fsp3) is 0.778. The molecule has 0 radical (unpaired) electrons. The molecule has 1 atom stereocenters. The molecule has 0 spiro atoms. The van der Waals surface area contributed by atoms with E-state index in [1.807, 2.05) is 25.0 Å². The van der Waals surface area contributed by atoms with Crippen LogP contribution in [0.25, 0.3) is 0 Å². The summed E-state index contributed by atoms with van der Waals surface area (Å²) in [7, 11) is 3.86. The smallest absolute Gasteiger partial charge is 0.193 e. The van der Waals surface area contributed by atoms with Crippen LogP contribution in [-0.2, 0) is 11.8 Å². The van der Waals surface area contributed by atoms with E-state index in [1.165, 1.54) is 31.4 Å². The normalized spacial score (nSPS) is 22.6. The molecular weight excluding hydrogens is 316 g/mol. The maximum Gasteiger partial charge on any atom is 0.193 e. The van der Waals surface area contributed by atoms with Crippen LogP contribution in [0.5, 0.6) is 0 Å². The number of nitrogens with one attached hydrogen (secondary N) is 1. The predicted molar refractivity (Wildman–Crippen MR) is 100.0 cm³/mol. The molecule has 2 saturated heterocycles. The zero-order chi connectivity index (χ0) is 17.5. The van der Waals surface area contributed by atoms with Gasteiger partial charge in [-0.05, 0) is 31.4 Å². The van der Waals surface area contributed by atoms with Crippen LogP contribution in [0.4, 0.5) is 0 Å². The molecule has 3 heterocycles. The Morgan fingerprint density at radius 3 is 2.88 bits per heavy atom. The van der Waals surface area contributed by atoms with Gasteiger partial charge in [-0.3, -0.25) is 14.6 Å². The number of aryl methyl sites for hydroxylation is 1. The zero-order valence-corrected chi connectivity index (χ0v) is 15.7. The number of guanidine groups is 1. The molecule has 7 heteroatoms. The van der Waals surface area contributed by atoms with Crippen molar-refractivity contribution < 1.29 is 4.74 Å². The van der Waals surface area contributed by atoms with Crippen molar-refractivity contribution in [1.29, 1.82) is 0 Å². The lowest BCUT2D eigenvalue weighted by atomic mass is 10.0. The van der Waals surface area contributed by atoms with E-state index in [0.717, 1.165) is 51.9 Å². The Kier molecular flexibility index (Phi) is 6.69. The molecule has 1 N–H and O–H groups in total. The second kappa shape index (κ2) is 9.20. The Balaban J connectivity index is 1.35. The summed E-state index contributed by atoms with van der Waals surface area (Å²) in [6.45, 7) is 8.20. The maximum atomic E-state index is 5.39. The summed E-state index contributed by atoms with van der Waals surface area (Å²) in [5.74, 6) is 1.60. The molecule has 2 fully saturated rings. The zero-order valence-electron chi connectivity index (χ0n) is 15.7. The third kappa shape index (κ3) is 5.19. The fourth-order valence-electron chi connectivity index (χ4n) is 3.69. The van der Waals surface area contributed by atoms with Gasteiger partial charge >= 0.3 is 0 Å². The lowest BCUT2D eigenvalue weighted by Gasteiger charge is -2.26. The van der Waals surface area contributed by atoms with Gasteiger partial charge < -0.3 is 15.0 Å². The molecule has 25 heavy (non-hydrogen) atoms. The van der Waals surface area contributed by atoms with Crippen LogP contribution in [0, 0.1) is 0 Å². The van der Waals surface area contributed by atoms with Gasteiger partial charge in [0.2, 0.25) is 0 Å². The second-order valence-corrected chi connectivity index (χ2v) is 7.01. The molecule has 3 rings (SSSR count). The van der Waals surface area contributed by atoms with Crippen molar-refractivity contribution in [1.82, 2.24) is 24.9 Å². The van der Waals surface area contributed by atoms with E-state index in [9.17, 15) is 0 Å². The Morgan fingerprint density at radius 2 is 2.16 bits per heavy atom. The van der Waals surface area contributed by atoms with Crippen LogP contribution in [0.1, 0.15) is 30.7 Å². The molecule has 0 saturated carbocycles. The van der Waals surface area contributed by atoms with Gasteiger partial charge in [0.15, 0.2) is 5.96 Å². The molecule has 7 nitrogen and oxygen atoms in total. The number of aromatic nitrogens is 2. The summed E-state index contributed by atoms with van der Waals surface area (Å²) >= 11 is 0. The number of ether oxygens (including phenoxy) is 1. The van der Waals surface area contributed by atoms with Gasteiger partial charge in [0.05, 0.1) is 19.4 Å².